The summed E-state index contributed by atoms with van der Waals surface area (Å²) in [4.78, 5) is 21.3. The first-order chi connectivity index (χ1) is 7.99. The molecule has 0 saturated carbocycles. The number of rotatable bonds is 6. The fourth-order valence-electron chi connectivity index (χ4n) is 0.831. The Morgan fingerprint density at radius 1 is 1.18 bits per heavy atom. The summed E-state index contributed by atoms with van der Waals surface area (Å²) in [5, 5.41) is 0. The van der Waals surface area contributed by atoms with Gasteiger partial charge in [-0.3, -0.25) is 0 Å². The summed E-state index contributed by atoms with van der Waals surface area (Å²) < 4.78 is 5.18. The van der Waals surface area contributed by atoms with Crippen LogP contribution in [0, 0.1) is 3.57 Å². The van der Waals surface area contributed by atoms with E-state index < -0.39 is 56.7 Å². The Morgan fingerprint density at radius 3 is 2.24 bits per heavy atom. The van der Waals surface area contributed by atoms with E-state index in [-0.39, 0.29) is 0 Å². The molecule has 1 aromatic carbocycles. The minimum atomic E-state index is -1.10. The fraction of sp³-hybridized carbons (Fsp3) is 0.111. The third-order valence-electron chi connectivity index (χ3n) is 1.53. The summed E-state index contributed by atoms with van der Waals surface area (Å²) in [5.41, 5.74) is 15.7. The van der Waals surface area contributed by atoms with Gasteiger partial charge in [-0.25, -0.2) is 0 Å². The maximum atomic E-state index is 10.8. The van der Waals surface area contributed by atoms with Crippen molar-refractivity contribution < 1.29 is 55.5 Å². The zero-order valence-corrected chi connectivity index (χ0v) is 12.9. The van der Waals surface area contributed by atoms with Gasteiger partial charge in [0.2, 0.25) is 0 Å². The number of alkyl halides is 1. The van der Waals surface area contributed by atoms with Crippen molar-refractivity contribution >= 4 is 9.82 Å². The molecule has 96 valence electrons. The summed E-state index contributed by atoms with van der Waals surface area (Å²) in [6.45, 7) is 0. The van der Waals surface area contributed by atoms with Crippen molar-refractivity contribution in [1.29, 1.82) is 0 Å². The van der Waals surface area contributed by atoms with E-state index in [0.29, 0.717) is 5.75 Å². The average molecular weight is 463 g/mol. The van der Waals surface area contributed by atoms with Gasteiger partial charge in [-0.05, 0) is 0 Å². The molecule has 1 atom stereocenters. The number of halogens is 2. The molecule has 0 aliphatic heterocycles. The molecule has 2 amide bonds. The van der Waals surface area contributed by atoms with Crippen LogP contribution in [0.4, 0.5) is 4.79 Å². The van der Waals surface area contributed by atoms with Gasteiger partial charge in [-0.1, -0.05) is 0 Å². The Kier molecular flexibility index (Phi) is 5.91. The van der Waals surface area contributed by atoms with Gasteiger partial charge in [0.15, 0.2) is 0 Å². The van der Waals surface area contributed by atoms with Crippen LogP contribution >= 0.6 is 0 Å². The van der Waals surface area contributed by atoms with Gasteiger partial charge in [0.05, 0.1) is 0 Å². The van der Waals surface area contributed by atoms with Crippen LogP contribution < -0.4 is 63.1 Å². The summed E-state index contributed by atoms with van der Waals surface area (Å²) in [7, 11) is 0. The Hall–Kier alpha value is -0.620. The molecule has 0 aliphatic rings. The quantitative estimate of drug-likeness (QED) is 0.168. The molecular formula is C9H11I2N3O3-2. The van der Waals surface area contributed by atoms with Crippen molar-refractivity contribution in [2.75, 3.05) is 0 Å². The monoisotopic (exact) mass is 463 g/mol. The van der Waals surface area contributed by atoms with E-state index in [9.17, 15) is 9.59 Å². The van der Waals surface area contributed by atoms with Crippen molar-refractivity contribution in [2.45, 2.75) is 4.05 Å². The van der Waals surface area contributed by atoms with Gasteiger partial charge >= 0.3 is 120 Å². The van der Waals surface area contributed by atoms with Crippen LogP contribution in [-0.4, -0.2) is 13.9 Å². The number of hydrogen-bond acceptors (Lipinski definition) is 4. The topological polar surface area (TPSA) is 121 Å². The van der Waals surface area contributed by atoms with Gasteiger partial charge in [-0.15, -0.1) is 0 Å². The number of amides is 2. The maximum absolute atomic E-state index is 10.8. The van der Waals surface area contributed by atoms with Crippen LogP contribution in [0.25, 0.3) is 0 Å². The summed E-state index contributed by atoms with van der Waals surface area (Å²) in [6, 6.07) is 7.09. The Morgan fingerprint density at radius 2 is 1.76 bits per heavy atom. The van der Waals surface area contributed by atoms with Gasteiger partial charge in [0.25, 0.3) is 0 Å². The number of nitrogens with two attached hydrogens (primary N) is 3. The molecule has 0 bridgehead atoms. The van der Waals surface area contributed by atoms with E-state index in [1.54, 1.807) is 12.1 Å². The van der Waals surface area contributed by atoms with E-state index >= 15 is 0 Å². The standard InChI is InChI=1S/C9H11I2N3O3/c12-7(8(13)15)10-5-1-3-6(4-2-5)17-11-9(14)16/h1-4,7H,12H2,(H2,13,15)(H2,14,16)/q-2. The van der Waals surface area contributed by atoms with Crippen molar-refractivity contribution in [2.24, 2.45) is 17.2 Å². The first-order valence-corrected chi connectivity index (χ1v) is 8.67. The molecule has 6 nitrogen and oxygen atoms in total. The van der Waals surface area contributed by atoms with Gasteiger partial charge in [-0.2, -0.15) is 0 Å². The zero-order chi connectivity index (χ0) is 12.8. The summed E-state index contributed by atoms with van der Waals surface area (Å²) in [5.74, 6) is 0.106. The summed E-state index contributed by atoms with van der Waals surface area (Å²) in [6.07, 6.45) is 0. The predicted molar refractivity (Wildman–Crippen MR) is 52.5 cm³/mol. The fourth-order valence-corrected chi connectivity index (χ4v) is 3.45. The first-order valence-electron chi connectivity index (χ1n) is 4.38. The van der Waals surface area contributed by atoms with Crippen molar-refractivity contribution in [1.82, 2.24) is 0 Å². The molecule has 0 radical (unpaired) electrons. The number of carbonyl (C=O) groups excluding carboxylic acids is 2. The van der Waals surface area contributed by atoms with E-state index in [4.69, 9.17) is 20.3 Å². The molecule has 1 rings (SSSR count). The zero-order valence-electron chi connectivity index (χ0n) is 8.60. The van der Waals surface area contributed by atoms with Crippen LogP contribution in [0.3, 0.4) is 0 Å². The Balaban J connectivity index is 2.55. The van der Waals surface area contributed by atoms with Crippen molar-refractivity contribution in [3.05, 3.63) is 27.8 Å². The van der Waals surface area contributed by atoms with E-state index in [2.05, 4.69) is 0 Å². The van der Waals surface area contributed by atoms with Crippen LogP contribution in [-0.2, 0) is 4.79 Å². The van der Waals surface area contributed by atoms with Crippen LogP contribution in [0.1, 0.15) is 0 Å². The third-order valence-corrected chi connectivity index (χ3v) is 5.42. The number of carbonyl (C=O) groups is 2. The molecule has 0 saturated heterocycles. The molecule has 0 spiro atoms. The molecule has 17 heavy (non-hydrogen) atoms. The number of primary amides is 2. The Bertz CT molecular complexity index is 410. The predicted octanol–water partition coefficient (Wildman–Crippen LogP) is -6.82. The molecule has 0 aliphatic carbocycles. The van der Waals surface area contributed by atoms with Crippen LogP contribution in [0.5, 0.6) is 5.75 Å². The molecule has 1 aromatic rings. The van der Waals surface area contributed by atoms with E-state index in [0.717, 1.165) is 3.57 Å². The Labute approximate surface area is 119 Å². The second kappa shape index (κ2) is 6.96. The van der Waals surface area contributed by atoms with Crippen molar-refractivity contribution in [3.8, 4) is 5.75 Å². The van der Waals surface area contributed by atoms with E-state index in [1.165, 1.54) is 0 Å². The van der Waals surface area contributed by atoms with E-state index in [1.807, 2.05) is 12.1 Å². The molecular weight excluding hydrogens is 452 g/mol. The first kappa shape index (κ1) is 14.4. The second-order valence-electron chi connectivity index (χ2n) is 2.83. The minimum absolute atomic E-state index is 0.420. The molecule has 0 aromatic heterocycles. The number of hydrogen-bond donors (Lipinski definition) is 3. The number of benzene rings is 1. The molecule has 0 fully saturated rings. The SMILES string of the molecule is NC(=O)[I-]Oc1ccc([I-]C(N)C(N)=O)cc1. The molecule has 0 heterocycles. The third kappa shape index (κ3) is 5.50. The average Bonchev–Trinajstić information content (AvgIpc) is 2.28. The van der Waals surface area contributed by atoms with Crippen molar-refractivity contribution in [3.63, 3.8) is 0 Å². The normalized spacial score (nSPS) is 12.3. The summed E-state index contributed by atoms with van der Waals surface area (Å²) >= 11 is -1.75. The molecule has 8 heteroatoms. The molecule has 6 N–H and O–H groups in total. The van der Waals surface area contributed by atoms with Gasteiger partial charge < -0.3 is 0 Å². The van der Waals surface area contributed by atoms with Gasteiger partial charge in [0, 0.05) is 0 Å². The second-order valence-corrected chi connectivity index (χ2v) is 7.98. The van der Waals surface area contributed by atoms with Crippen LogP contribution in [0.2, 0.25) is 0 Å². The van der Waals surface area contributed by atoms with Gasteiger partial charge in [0.1, 0.15) is 0 Å². The molecule has 1 unspecified atom stereocenters. The van der Waals surface area contributed by atoms with Crippen LogP contribution in [0.15, 0.2) is 24.3 Å².